The maximum Gasteiger partial charge on any atom is 0.0977 e. The van der Waals surface area contributed by atoms with E-state index in [0.717, 1.165) is 25.4 Å². The molecule has 1 unspecified atom stereocenters. The minimum Gasteiger partial charge on any atom is -0.381 e. The van der Waals surface area contributed by atoms with E-state index in [-0.39, 0.29) is 6.04 Å². The first kappa shape index (κ1) is 13.5. The summed E-state index contributed by atoms with van der Waals surface area (Å²) in [6, 6.07) is 2.88. The Labute approximate surface area is 99.2 Å². The van der Waals surface area contributed by atoms with Crippen LogP contribution in [0, 0.1) is 17.2 Å². The minimum atomic E-state index is -0.0161. The van der Waals surface area contributed by atoms with Crippen molar-refractivity contribution in [3.8, 4) is 6.07 Å². The summed E-state index contributed by atoms with van der Waals surface area (Å²) in [6.07, 6.45) is 5.63. The van der Waals surface area contributed by atoms with E-state index in [9.17, 15) is 0 Å². The van der Waals surface area contributed by atoms with Gasteiger partial charge in [-0.2, -0.15) is 5.26 Å². The zero-order valence-electron chi connectivity index (χ0n) is 10.5. The molecule has 1 atom stereocenters. The Hall–Kier alpha value is -0.590. The summed E-state index contributed by atoms with van der Waals surface area (Å²) in [5.41, 5.74) is 0. The van der Waals surface area contributed by atoms with Crippen LogP contribution < -0.4 is 5.32 Å². The highest BCUT2D eigenvalue weighted by Gasteiger charge is 2.24. The second kappa shape index (κ2) is 7.65. The first-order chi connectivity index (χ1) is 7.72. The van der Waals surface area contributed by atoms with Crippen LogP contribution in [0.2, 0.25) is 0 Å². The van der Waals surface area contributed by atoms with Crippen LogP contribution in [-0.2, 0) is 4.74 Å². The summed E-state index contributed by atoms with van der Waals surface area (Å²) in [6.45, 7) is 5.99. The highest BCUT2D eigenvalue weighted by Crippen LogP contribution is 2.19. The molecule has 0 spiro atoms. The third kappa shape index (κ3) is 6.81. The van der Waals surface area contributed by atoms with Crippen molar-refractivity contribution in [3.05, 3.63) is 0 Å². The summed E-state index contributed by atoms with van der Waals surface area (Å²) in [7, 11) is 0. The number of hydrogen-bond acceptors (Lipinski definition) is 3. The maximum absolute atomic E-state index is 8.91. The third-order valence-corrected chi connectivity index (χ3v) is 2.79. The second-order valence-corrected chi connectivity index (χ2v) is 5.06. The Kier molecular flexibility index (Phi) is 6.44. The van der Waals surface area contributed by atoms with Crippen molar-refractivity contribution in [1.82, 2.24) is 5.32 Å². The molecule has 16 heavy (non-hydrogen) atoms. The Morgan fingerprint density at radius 1 is 1.31 bits per heavy atom. The number of ether oxygens (including phenoxy) is 1. The maximum atomic E-state index is 8.91. The van der Waals surface area contributed by atoms with Gasteiger partial charge in [-0.1, -0.05) is 13.8 Å². The van der Waals surface area contributed by atoms with Gasteiger partial charge in [-0.15, -0.1) is 0 Å². The van der Waals surface area contributed by atoms with E-state index in [1.807, 2.05) is 0 Å². The van der Waals surface area contributed by atoms with E-state index in [4.69, 9.17) is 10.00 Å². The smallest absolute Gasteiger partial charge is 0.0977 e. The highest BCUT2D eigenvalue weighted by molar-refractivity contribution is 4.95. The van der Waals surface area contributed by atoms with Gasteiger partial charge in [0, 0.05) is 19.3 Å². The zero-order valence-corrected chi connectivity index (χ0v) is 10.5. The van der Waals surface area contributed by atoms with Crippen molar-refractivity contribution in [2.45, 2.75) is 58.0 Å². The molecule has 3 nitrogen and oxygen atoms in total. The predicted octanol–water partition coefficient (Wildman–Crippen LogP) is 2.47. The predicted molar refractivity (Wildman–Crippen MR) is 65.1 cm³/mol. The Bertz CT molecular complexity index is 218. The second-order valence-electron chi connectivity index (χ2n) is 5.06. The normalized spacial score (nSPS) is 17.4. The van der Waals surface area contributed by atoms with Gasteiger partial charge in [-0.05, 0) is 38.0 Å². The molecule has 1 aliphatic carbocycles. The number of hydrogen-bond donors (Lipinski definition) is 1. The van der Waals surface area contributed by atoms with Crippen LogP contribution in [0.1, 0.15) is 46.0 Å². The van der Waals surface area contributed by atoms with Gasteiger partial charge in [-0.25, -0.2) is 0 Å². The first-order valence-electron chi connectivity index (χ1n) is 6.45. The van der Waals surface area contributed by atoms with E-state index in [1.165, 1.54) is 19.3 Å². The molecule has 0 radical (unpaired) electrons. The van der Waals surface area contributed by atoms with Crippen molar-refractivity contribution in [2.24, 2.45) is 5.92 Å². The molecule has 1 rings (SSSR count). The summed E-state index contributed by atoms with van der Waals surface area (Å²) in [5, 5.41) is 12.2. The van der Waals surface area contributed by atoms with Gasteiger partial charge < -0.3 is 4.74 Å². The number of nitrogens with one attached hydrogen (secondary N) is 1. The van der Waals surface area contributed by atoms with Crippen LogP contribution in [0.5, 0.6) is 0 Å². The van der Waals surface area contributed by atoms with Crippen molar-refractivity contribution < 1.29 is 4.74 Å². The third-order valence-electron chi connectivity index (χ3n) is 2.79. The molecule has 3 heteroatoms. The monoisotopic (exact) mass is 224 g/mol. The lowest BCUT2D eigenvalue weighted by Crippen LogP contribution is -2.30. The fraction of sp³-hybridized carbons (Fsp3) is 0.923. The molecule has 1 N–H and O–H groups in total. The molecule has 0 aromatic heterocycles. The average Bonchev–Trinajstić information content (AvgIpc) is 3.04. The fourth-order valence-corrected chi connectivity index (χ4v) is 1.62. The standard InChI is InChI=1S/C13H24N2O/c1-11(2)4-3-8-16-9-7-13(10-14)15-12-5-6-12/h11-13,15H,3-9H2,1-2H3. The molecule has 0 bridgehead atoms. The summed E-state index contributed by atoms with van der Waals surface area (Å²) < 4.78 is 5.53. The minimum absolute atomic E-state index is 0.0161. The van der Waals surface area contributed by atoms with Crippen LogP contribution >= 0.6 is 0 Å². The molecular weight excluding hydrogens is 200 g/mol. The van der Waals surface area contributed by atoms with Gasteiger partial charge >= 0.3 is 0 Å². The fourth-order valence-electron chi connectivity index (χ4n) is 1.62. The number of nitriles is 1. The quantitative estimate of drug-likeness (QED) is 0.612. The lowest BCUT2D eigenvalue weighted by molar-refractivity contribution is 0.121. The van der Waals surface area contributed by atoms with E-state index < -0.39 is 0 Å². The average molecular weight is 224 g/mol. The molecule has 0 aromatic carbocycles. The molecule has 1 fully saturated rings. The largest absolute Gasteiger partial charge is 0.381 e. The van der Waals surface area contributed by atoms with Gasteiger partial charge in [0.05, 0.1) is 12.1 Å². The van der Waals surface area contributed by atoms with Crippen LogP contribution in [-0.4, -0.2) is 25.3 Å². The molecule has 0 aliphatic heterocycles. The van der Waals surface area contributed by atoms with Gasteiger partial charge in [0.2, 0.25) is 0 Å². The Balaban J connectivity index is 1.90. The first-order valence-corrected chi connectivity index (χ1v) is 6.45. The molecule has 0 aromatic rings. The SMILES string of the molecule is CC(C)CCCOCCC(C#N)NC1CC1. The summed E-state index contributed by atoms with van der Waals surface area (Å²) >= 11 is 0. The molecule has 1 saturated carbocycles. The van der Waals surface area contributed by atoms with Crippen LogP contribution in [0.25, 0.3) is 0 Å². The molecular formula is C13H24N2O. The summed E-state index contributed by atoms with van der Waals surface area (Å²) in [4.78, 5) is 0. The summed E-state index contributed by atoms with van der Waals surface area (Å²) in [5.74, 6) is 0.756. The van der Waals surface area contributed by atoms with Gasteiger partial charge in [0.15, 0.2) is 0 Å². The van der Waals surface area contributed by atoms with Gasteiger partial charge in [0.25, 0.3) is 0 Å². The van der Waals surface area contributed by atoms with E-state index in [0.29, 0.717) is 12.6 Å². The molecule has 92 valence electrons. The van der Waals surface area contributed by atoms with Crippen LogP contribution in [0.3, 0.4) is 0 Å². The van der Waals surface area contributed by atoms with E-state index >= 15 is 0 Å². The van der Waals surface area contributed by atoms with E-state index in [2.05, 4.69) is 25.2 Å². The zero-order chi connectivity index (χ0) is 11.8. The Morgan fingerprint density at radius 2 is 2.06 bits per heavy atom. The van der Waals surface area contributed by atoms with E-state index in [1.54, 1.807) is 0 Å². The lowest BCUT2D eigenvalue weighted by Gasteiger charge is -2.11. The number of nitrogens with zero attached hydrogens (tertiary/aromatic N) is 1. The van der Waals surface area contributed by atoms with Gasteiger partial charge in [-0.3, -0.25) is 5.32 Å². The molecule has 0 amide bonds. The highest BCUT2D eigenvalue weighted by atomic mass is 16.5. The number of rotatable bonds is 9. The van der Waals surface area contributed by atoms with Crippen molar-refractivity contribution in [1.29, 1.82) is 5.26 Å². The van der Waals surface area contributed by atoms with Crippen molar-refractivity contribution in [2.75, 3.05) is 13.2 Å². The van der Waals surface area contributed by atoms with Crippen LogP contribution in [0.15, 0.2) is 0 Å². The molecule has 0 saturated heterocycles. The van der Waals surface area contributed by atoms with Crippen LogP contribution in [0.4, 0.5) is 0 Å². The van der Waals surface area contributed by atoms with Gasteiger partial charge in [0.1, 0.15) is 0 Å². The van der Waals surface area contributed by atoms with Crippen molar-refractivity contribution >= 4 is 0 Å². The molecule has 0 heterocycles. The van der Waals surface area contributed by atoms with Crippen molar-refractivity contribution in [3.63, 3.8) is 0 Å². The topological polar surface area (TPSA) is 45.0 Å². The Morgan fingerprint density at radius 3 is 2.62 bits per heavy atom. The lowest BCUT2D eigenvalue weighted by atomic mass is 10.1. The molecule has 1 aliphatic rings.